The maximum Gasteiger partial charge on any atom is 0.116 e. The van der Waals surface area contributed by atoms with Gasteiger partial charge in [-0.2, -0.15) is 0 Å². The highest BCUT2D eigenvalue weighted by molar-refractivity contribution is 5.63. The van der Waals surface area contributed by atoms with Gasteiger partial charge in [-0.1, -0.05) is 6.08 Å². The van der Waals surface area contributed by atoms with Gasteiger partial charge in [0.1, 0.15) is 6.33 Å². The minimum absolute atomic E-state index is 0.958. The lowest BCUT2D eigenvalue weighted by Crippen LogP contribution is -2.20. The first-order valence-corrected chi connectivity index (χ1v) is 4.13. The van der Waals surface area contributed by atoms with Crippen molar-refractivity contribution in [3.8, 4) is 0 Å². The average Bonchev–Trinajstić information content (AvgIpc) is 2.21. The second-order valence-electron chi connectivity index (χ2n) is 2.78. The molecule has 0 aliphatic carbocycles. The molecule has 0 fully saturated rings. The molecule has 0 amide bonds. The summed E-state index contributed by atoms with van der Waals surface area (Å²) in [4.78, 5) is 8.08. The predicted molar refractivity (Wildman–Crippen MR) is 47.5 cm³/mol. The Bertz CT molecular complexity index is 279. The van der Waals surface area contributed by atoms with E-state index in [0.717, 1.165) is 25.2 Å². The molecule has 3 heteroatoms. The summed E-state index contributed by atoms with van der Waals surface area (Å²) >= 11 is 0. The smallest absolute Gasteiger partial charge is 0.116 e. The molecule has 1 aromatic heterocycles. The Morgan fingerprint density at radius 1 is 1.42 bits per heavy atom. The number of hydrogen-bond donors (Lipinski definition) is 1. The summed E-state index contributed by atoms with van der Waals surface area (Å²) in [5, 5.41) is 3.26. The van der Waals surface area contributed by atoms with Crippen LogP contribution in [-0.2, 0) is 0 Å². The zero-order chi connectivity index (χ0) is 8.23. The first kappa shape index (κ1) is 7.43. The van der Waals surface area contributed by atoms with Gasteiger partial charge in [0.2, 0.25) is 0 Å². The van der Waals surface area contributed by atoms with Gasteiger partial charge in [0.05, 0.1) is 5.69 Å². The van der Waals surface area contributed by atoms with Gasteiger partial charge in [-0.05, 0) is 24.6 Å². The Balaban J connectivity index is 2.24. The van der Waals surface area contributed by atoms with E-state index in [0.29, 0.717) is 0 Å². The Labute approximate surface area is 71.5 Å². The van der Waals surface area contributed by atoms with Crippen molar-refractivity contribution in [3.63, 3.8) is 0 Å². The minimum atomic E-state index is 0.958. The molecule has 1 aliphatic heterocycles. The van der Waals surface area contributed by atoms with Crippen molar-refractivity contribution in [3.05, 3.63) is 30.4 Å². The van der Waals surface area contributed by atoms with Crippen molar-refractivity contribution in [2.45, 2.75) is 6.42 Å². The van der Waals surface area contributed by atoms with E-state index in [1.54, 1.807) is 12.5 Å². The topological polar surface area (TPSA) is 37.8 Å². The SMILES string of the molecule is C1=C(c2ccncn2)CCNC1. The fourth-order valence-electron chi connectivity index (χ4n) is 1.34. The van der Waals surface area contributed by atoms with Crippen molar-refractivity contribution < 1.29 is 0 Å². The van der Waals surface area contributed by atoms with Gasteiger partial charge >= 0.3 is 0 Å². The number of hydrogen-bond acceptors (Lipinski definition) is 3. The molecule has 62 valence electrons. The van der Waals surface area contributed by atoms with Crippen LogP contribution in [0.15, 0.2) is 24.7 Å². The van der Waals surface area contributed by atoms with Crippen molar-refractivity contribution in [1.82, 2.24) is 15.3 Å². The van der Waals surface area contributed by atoms with E-state index >= 15 is 0 Å². The first-order chi connectivity index (χ1) is 5.97. The molecule has 0 aromatic carbocycles. The van der Waals surface area contributed by atoms with Crippen molar-refractivity contribution >= 4 is 5.57 Å². The van der Waals surface area contributed by atoms with Crippen LogP contribution in [0.25, 0.3) is 5.57 Å². The van der Waals surface area contributed by atoms with Gasteiger partial charge in [0.25, 0.3) is 0 Å². The van der Waals surface area contributed by atoms with Crippen LogP contribution in [0.4, 0.5) is 0 Å². The molecule has 3 nitrogen and oxygen atoms in total. The van der Waals surface area contributed by atoms with E-state index in [1.807, 2.05) is 6.07 Å². The molecule has 0 saturated carbocycles. The predicted octanol–water partition coefficient (Wildman–Crippen LogP) is 0.853. The summed E-state index contributed by atoms with van der Waals surface area (Å²) in [6.07, 6.45) is 6.63. The van der Waals surface area contributed by atoms with Crippen molar-refractivity contribution in [2.24, 2.45) is 0 Å². The fourth-order valence-corrected chi connectivity index (χ4v) is 1.34. The third-order valence-electron chi connectivity index (χ3n) is 1.97. The summed E-state index contributed by atoms with van der Waals surface area (Å²) in [5.74, 6) is 0. The highest BCUT2D eigenvalue weighted by Crippen LogP contribution is 2.15. The van der Waals surface area contributed by atoms with Crippen LogP contribution in [-0.4, -0.2) is 23.1 Å². The van der Waals surface area contributed by atoms with Gasteiger partial charge in [0, 0.05) is 12.7 Å². The van der Waals surface area contributed by atoms with E-state index < -0.39 is 0 Å². The van der Waals surface area contributed by atoms with Gasteiger partial charge in [-0.3, -0.25) is 0 Å². The van der Waals surface area contributed by atoms with E-state index in [2.05, 4.69) is 21.4 Å². The molecule has 0 radical (unpaired) electrons. The third kappa shape index (κ3) is 1.51. The molecular formula is C9H11N3. The largest absolute Gasteiger partial charge is 0.313 e. The molecule has 1 aromatic rings. The first-order valence-electron chi connectivity index (χ1n) is 4.13. The monoisotopic (exact) mass is 161 g/mol. The Hall–Kier alpha value is -1.22. The molecule has 2 rings (SSSR count). The molecule has 1 aliphatic rings. The lowest BCUT2D eigenvalue weighted by molar-refractivity contribution is 0.736. The van der Waals surface area contributed by atoms with E-state index in [4.69, 9.17) is 0 Å². The molecule has 2 heterocycles. The average molecular weight is 161 g/mol. The maximum absolute atomic E-state index is 4.20. The van der Waals surface area contributed by atoms with Gasteiger partial charge in [-0.15, -0.1) is 0 Å². The highest BCUT2D eigenvalue weighted by Gasteiger charge is 2.05. The van der Waals surface area contributed by atoms with Gasteiger partial charge in [0.15, 0.2) is 0 Å². The van der Waals surface area contributed by atoms with Gasteiger partial charge < -0.3 is 5.32 Å². The summed E-state index contributed by atoms with van der Waals surface area (Å²) in [6, 6.07) is 1.96. The summed E-state index contributed by atoms with van der Waals surface area (Å²) in [6.45, 7) is 2.01. The lowest BCUT2D eigenvalue weighted by atomic mass is 10.1. The van der Waals surface area contributed by atoms with Crippen LogP contribution in [0.5, 0.6) is 0 Å². The second kappa shape index (κ2) is 3.45. The molecular weight excluding hydrogens is 150 g/mol. The van der Waals surface area contributed by atoms with Crippen LogP contribution < -0.4 is 5.32 Å². The van der Waals surface area contributed by atoms with Crippen LogP contribution in [0.2, 0.25) is 0 Å². The normalized spacial score (nSPS) is 17.2. The van der Waals surface area contributed by atoms with E-state index in [-0.39, 0.29) is 0 Å². The molecule has 0 bridgehead atoms. The maximum atomic E-state index is 4.20. The standard InChI is InChI=1S/C9H11N3/c1-4-10-5-2-8(1)9-3-6-11-7-12-9/h1,3,6-7,10H,2,4-5H2. The lowest BCUT2D eigenvalue weighted by Gasteiger charge is -2.12. The Kier molecular flexibility index (Phi) is 2.14. The molecule has 0 unspecified atom stereocenters. The third-order valence-corrected chi connectivity index (χ3v) is 1.97. The fraction of sp³-hybridized carbons (Fsp3) is 0.333. The number of nitrogens with zero attached hydrogens (tertiary/aromatic N) is 2. The molecule has 0 atom stereocenters. The molecule has 0 saturated heterocycles. The number of rotatable bonds is 1. The van der Waals surface area contributed by atoms with Crippen LogP contribution in [0.3, 0.4) is 0 Å². The molecule has 1 N–H and O–H groups in total. The van der Waals surface area contributed by atoms with Crippen LogP contribution in [0, 0.1) is 0 Å². The van der Waals surface area contributed by atoms with Crippen LogP contribution in [0.1, 0.15) is 12.1 Å². The Morgan fingerprint density at radius 3 is 3.08 bits per heavy atom. The second-order valence-corrected chi connectivity index (χ2v) is 2.78. The van der Waals surface area contributed by atoms with Crippen LogP contribution >= 0.6 is 0 Å². The van der Waals surface area contributed by atoms with Crippen molar-refractivity contribution in [1.29, 1.82) is 0 Å². The minimum Gasteiger partial charge on any atom is -0.313 e. The zero-order valence-electron chi connectivity index (χ0n) is 6.83. The quantitative estimate of drug-likeness (QED) is 0.663. The number of nitrogens with one attached hydrogen (secondary N) is 1. The van der Waals surface area contributed by atoms with E-state index in [1.165, 1.54) is 5.57 Å². The van der Waals surface area contributed by atoms with Crippen molar-refractivity contribution in [2.75, 3.05) is 13.1 Å². The summed E-state index contributed by atoms with van der Waals surface area (Å²) in [5.41, 5.74) is 2.39. The Morgan fingerprint density at radius 2 is 2.42 bits per heavy atom. The summed E-state index contributed by atoms with van der Waals surface area (Å²) < 4.78 is 0. The highest BCUT2D eigenvalue weighted by atomic mass is 14.9. The zero-order valence-corrected chi connectivity index (χ0v) is 6.83. The van der Waals surface area contributed by atoms with Gasteiger partial charge in [-0.25, -0.2) is 9.97 Å². The molecule has 0 spiro atoms. The van der Waals surface area contributed by atoms with E-state index in [9.17, 15) is 0 Å². The molecule has 12 heavy (non-hydrogen) atoms. The summed E-state index contributed by atoms with van der Waals surface area (Å²) in [7, 11) is 0. The number of aromatic nitrogens is 2.